The first-order valence-corrected chi connectivity index (χ1v) is 7.81. The first kappa shape index (κ1) is 16.0. The highest BCUT2D eigenvalue weighted by atomic mass is 35.5. The Hall–Kier alpha value is -1.36. The molecule has 1 heterocycles. The summed E-state index contributed by atoms with van der Waals surface area (Å²) in [5.41, 5.74) is 6.19. The van der Waals surface area contributed by atoms with Gasteiger partial charge in [0.25, 0.3) is 0 Å². The van der Waals surface area contributed by atoms with E-state index in [1.807, 2.05) is 22.9 Å². The third kappa shape index (κ3) is 3.84. The summed E-state index contributed by atoms with van der Waals surface area (Å²) in [7, 11) is 0. The number of nitrogens with zero attached hydrogens (tertiary/aromatic N) is 2. The van der Waals surface area contributed by atoms with Crippen LogP contribution in [0.4, 0.5) is 0 Å². The quantitative estimate of drug-likeness (QED) is 0.611. The van der Waals surface area contributed by atoms with Crippen molar-refractivity contribution in [2.75, 3.05) is 0 Å². The maximum atomic E-state index is 6.46. The number of nitrogens with two attached hydrogens (primary N) is 1. The second-order valence-electron chi connectivity index (χ2n) is 5.13. The van der Waals surface area contributed by atoms with E-state index in [1.165, 1.54) is 5.56 Å². The Morgan fingerprint density at radius 1 is 1.24 bits per heavy atom. The third-order valence-electron chi connectivity index (χ3n) is 3.69. The molecule has 0 aliphatic rings. The highest BCUT2D eigenvalue weighted by Crippen LogP contribution is 2.23. The minimum Gasteiger partial charge on any atom is -0.271 e. The van der Waals surface area contributed by atoms with Crippen molar-refractivity contribution in [1.82, 2.24) is 15.2 Å². The average Bonchev–Trinajstić information content (AvgIpc) is 2.83. The Morgan fingerprint density at radius 2 is 1.95 bits per heavy atom. The van der Waals surface area contributed by atoms with Crippen LogP contribution in [0.2, 0.25) is 5.02 Å². The number of aryl methyl sites for hydroxylation is 2. The predicted molar refractivity (Wildman–Crippen MR) is 87.3 cm³/mol. The van der Waals surface area contributed by atoms with E-state index >= 15 is 0 Å². The molecule has 21 heavy (non-hydrogen) atoms. The zero-order valence-corrected chi connectivity index (χ0v) is 13.4. The second-order valence-corrected chi connectivity index (χ2v) is 5.51. The summed E-state index contributed by atoms with van der Waals surface area (Å²) in [6.07, 6.45) is 2.48. The lowest BCUT2D eigenvalue weighted by Crippen LogP contribution is -2.39. The summed E-state index contributed by atoms with van der Waals surface area (Å²) >= 11 is 6.46. The molecule has 3 N–H and O–H groups in total. The average molecular weight is 307 g/mol. The number of halogens is 1. The van der Waals surface area contributed by atoms with Crippen molar-refractivity contribution in [1.29, 1.82) is 0 Å². The van der Waals surface area contributed by atoms with E-state index < -0.39 is 0 Å². The molecule has 4 nitrogen and oxygen atoms in total. The first-order chi connectivity index (χ1) is 10.2. The van der Waals surface area contributed by atoms with Crippen LogP contribution in [0.15, 0.2) is 30.3 Å². The van der Waals surface area contributed by atoms with Crippen molar-refractivity contribution in [2.24, 2.45) is 5.84 Å². The van der Waals surface area contributed by atoms with Gasteiger partial charge in [-0.2, -0.15) is 5.10 Å². The van der Waals surface area contributed by atoms with Crippen molar-refractivity contribution in [3.05, 3.63) is 52.3 Å². The number of nitrogens with one attached hydrogen (secondary N) is 1. The summed E-state index contributed by atoms with van der Waals surface area (Å²) in [5, 5.41) is 5.34. The lowest BCUT2D eigenvalue weighted by molar-refractivity contribution is 0.496. The molecule has 114 valence electrons. The van der Waals surface area contributed by atoms with Crippen molar-refractivity contribution < 1.29 is 0 Å². The van der Waals surface area contributed by atoms with Gasteiger partial charge in [-0.05, 0) is 25.3 Å². The number of hydrazine groups is 1. The van der Waals surface area contributed by atoms with Gasteiger partial charge in [-0.3, -0.25) is 16.0 Å². The molecule has 0 radical (unpaired) electrons. The SMILES string of the molecule is CCc1nn(CC)c(CC(Cc2ccccc2)NN)c1Cl. The van der Waals surface area contributed by atoms with Gasteiger partial charge >= 0.3 is 0 Å². The fourth-order valence-electron chi connectivity index (χ4n) is 2.53. The van der Waals surface area contributed by atoms with E-state index in [0.717, 1.165) is 42.2 Å². The van der Waals surface area contributed by atoms with Crippen LogP contribution < -0.4 is 11.3 Å². The lowest BCUT2D eigenvalue weighted by atomic mass is 10.0. The summed E-state index contributed by atoms with van der Waals surface area (Å²) in [6, 6.07) is 10.5. The fourth-order valence-corrected chi connectivity index (χ4v) is 2.88. The maximum Gasteiger partial charge on any atom is 0.0850 e. The van der Waals surface area contributed by atoms with Crippen molar-refractivity contribution in [3.63, 3.8) is 0 Å². The Bertz CT molecular complexity index is 565. The third-order valence-corrected chi connectivity index (χ3v) is 4.13. The minimum atomic E-state index is 0.136. The van der Waals surface area contributed by atoms with Crippen LogP contribution in [-0.4, -0.2) is 15.8 Å². The zero-order valence-electron chi connectivity index (χ0n) is 12.6. The van der Waals surface area contributed by atoms with Gasteiger partial charge in [0.15, 0.2) is 0 Å². The molecule has 0 spiro atoms. The Kier molecular flexibility index (Phi) is 5.79. The molecule has 0 fully saturated rings. The molecule has 1 unspecified atom stereocenters. The molecule has 1 aromatic heterocycles. The molecule has 2 rings (SSSR count). The number of rotatable bonds is 7. The van der Waals surface area contributed by atoms with E-state index in [2.05, 4.69) is 36.5 Å². The molecule has 0 aliphatic heterocycles. The standard InChI is InChI=1S/C16H23ClN4/c1-3-14-16(17)15(21(4-2)20-14)11-13(19-18)10-12-8-6-5-7-9-12/h5-9,13,19H,3-4,10-11,18H2,1-2H3. The summed E-state index contributed by atoms with van der Waals surface area (Å²) in [4.78, 5) is 0. The number of aromatic nitrogens is 2. The smallest absolute Gasteiger partial charge is 0.0850 e. The van der Waals surface area contributed by atoms with Crippen LogP contribution in [0.3, 0.4) is 0 Å². The van der Waals surface area contributed by atoms with Crippen molar-refractivity contribution in [2.45, 2.75) is 45.7 Å². The van der Waals surface area contributed by atoms with Crippen LogP contribution in [0.25, 0.3) is 0 Å². The molecular formula is C16H23ClN4. The van der Waals surface area contributed by atoms with E-state index in [0.29, 0.717) is 0 Å². The van der Waals surface area contributed by atoms with Crippen LogP contribution >= 0.6 is 11.6 Å². The molecule has 0 aliphatic carbocycles. The largest absolute Gasteiger partial charge is 0.271 e. The highest BCUT2D eigenvalue weighted by Gasteiger charge is 2.18. The Labute approximate surface area is 131 Å². The molecule has 5 heteroatoms. The van der Waals surface area contributed by atoms with Crippen molar-refractivity contribution >= 4 is 11.6 Å². The van der Waals surface area contributed by atoms with Crippen LogP contribution in [0, 0.1) is 0 Å². The monoisotopic (exact) mass is 306 g/mol. The maximum absolute atomic E-state index is 6.46. The topological polar surface area (TPSA) is 55.9 Å². The molecule has 0 saturated heterocycles. The summed E-state index contributed by atoms with van der Waals surface area (Å²) in [6.45, 7) is 4.96. The molecule has 0 bridgehead atoms. The van der Waals surface area contributed by atoms with Crippen molar-refractivity contribution in [3.8, 4) is 0 Å². The number of hydrogen-bond donors (Lipinski definition) is 2. The molecule has 0 amide bonds. The normalized spacial score (nSPS) is 12.6. The van der Waals surface area contributed by atoms with Gasteiger partial charge in [-0.15, -0.1) is 0 Å². The highest BCUT2D eigenvalue weighted by molar-refractivity contribution is 6.31. The van der Waals surface area contributed by atoms with Crippen LogP contribution in [0.5, 0.6) is 0 Å². The number of hydrogen-bond acceptors (Lipinski definition) is 3. The first-order valence-electron chi connectivity index (χ1n) is 7.43. The van der Waals surface area contributed by atoms with Gasteiger partial charge in [-0.25, -0.2) is 0 Å². The molecule has 2 aromatic rings. The lowest BCUT2D eigenvalue weighted by Gasteiger charge is -2.17. The van der Waals surface area contributed by atoms with Gasteiger partial charge in [0.2, 0.25) is 0 Å². The number of benzene rings is 1. The van der Waals surface area contributed by atoms with Crippen LogP contribution in [0.1, 0.15) is 30.8 Å². The van der Waals surface area contributed by atoms with Gasteiger partial charge in [0.1, 0.15) is 0 Å². The molecule has 0 saturated carbocycles. The summed E-state index contributed by atoms with van der Waals surface area (Å²) < 4.78 is 1.98. The van der Waals surface area contributed by atoms with E-state index in [4.69, 9.17) is 17.4 Å². The summed E-state index contributed by atoms with van der Waals surface area (Å²) in [5.74, 6) is 5.73. The van der Waals surface area contributed by atoms with Gasteiger partial charge in [-0.1, -0.05) is 48.9 Å². The van der Waals surface area contributed by atoms with E-state index in [9.17, 15) is 0 Å². The minimum absolute atomic E-state index is 0.136. The van der Waals surface area contributed by atoms with Gasteiger partial charge < -0.3 is 0 Å². The van der Waals surface area contributed by atoms with E-state index in [-0.39, 0.29) is 6.04 Å². The second kappa shape index (κ2) is 7.59. The zero-order chi connectivity index (χ0) is 15.2. The van der Waals surface area contributed by atoms with Crippen LogP contribution in [-0.2, 0) is 25.8 Å². The molecular weight excluding hydrogens is 284 g/mol. The predicted octanol–water partition coefficient (Wildman–Crippen LogP) is 2.74. The van der Waals surface area contributed by atoms with Gasteiger partial charge in [0.05, 0.1) is 16.4 Å². The molecule has 1 aromatic carbocycles. The van der Waals surface area contributed by atoms with Gasteiger partial charge in [0, 0.05) is 19.0 Å². The Balaban J connectivity index is 2.16. The molecule has 1 atom stereocenters. The van der Waals surface area contributed by atoms with E-state index in [1.54, 1.807) is 0 Å². The Morgan fingerprint density at radius 3 is 2.52 bits per heavy atom. The fraction of sp³-hybridized carbons (Fsp3) is 0.438.